The van der Waals surface area contributed by atoms with Gasteiger partial charge in [0.1, 0.15) is 16.3 Å². The van der Waals surface area contributed by atoms with Gasteiger partial charge >= 0.3 is 0 Å². The maximum atomic E-state index is 13.0. The molecular weight excluding hydrogens is 769 g/mol. The van der Waals surface area contributed by atoms with Gasteiger partial charge in [0.15, 0.2) is 5.65 Å². The van der Waals surface area contributed by atoms with Gasteiger partial charge in [-0.25, -0.2) is 14.6 Å². The van der Waals surface area contributed by atoms with E-state index in [1.54, 1.807) is 41.7 Å². The lowest BCUT2D eigenvalue weighted by molar-refractivity contribution is 0.0632. The lowest BCUT2D eigenvalue weighted by Gasteiger charge is -2.34. The number of carbonyl (C=O) groups is 1. The fourth-order valence-electron chi connectivity index (χ4n) is 7.24. The minimum atomic E-state index is -0.176. The third kappa shape index (κ3) is 8.16. The molecule has 0 bridgehead atoms. The van der Waals surface area contributed by atoms with Crippen molar-refractivity contribution < 1.29 is 4.79 Å². The SMILES string of the molecule is Cn1c2nc(Cc3ccn[nH]3)sc2c2cnn(Cc3cccc(N)n3)c(=O)c21.O=C(c1ccc(NSc2cccc3cccnc23)cc1)N1CCN(CC2CC2)CC1. The van der Waals surface area contributed by atoms with Crippen LogP contribution in [-0.4, -0.2) is 87.9 Å². The first-order chi connectivity index (χ1) is 28.4. The Labute approximate surface area is 342 Å². The van der Waals surface area contributed by atoms with Gasteiger partial charge in [-0.2, -0.15) is 10.2 Å². The van der Waals surface area contributed by atoms with Gasteiger partial charge in [-0.15, -0.1) is 11.3 Å². The summed E-state index contributed by atoms with van der Waals surface area (Å²) in [6.07, 6.45) is 8.71. The maximum absolute atomic E-state index is 13.0. The number of thiazole rings is 1. The van der Waals surface area contributed by atoms with Crippen molar-refractivity contribution in [2.75, 3.05) is 43.2 Å². The molecule has 294 valence electrons. The number of H-pyrrole nitrogens is 1. The van der Waals surface area contributed by atoms with Crippen molar-refractivity contribution in [2.45, 2.75) is 30.7 Å². The number of aromatic amines is 1. The summed E-state index contributed by atoms with van der Waals surface area (Å²) in [6.45, 7) is 5.13. The molecule has 2 fully saturated rings. The Balaban J connectivity index is 0.000000151. The Morgan fingerprint density at radius 2 is 1.78 bits per heavy atom. The van der Waals surface area contributed by atoms with Crippen molar-refractivity contribution in [1.29, 1.82) is 0 Å². The zero-order chi connectivity index (χ0) is 39.6. The Bertz CT molecular complexity index is 2760. The highest BCUT2D eigenvalue weighted by molar-refractivity contribution is 8.00. The number of rotatable bonds is 10. The molecule has 16 heteroatoms. The summed E-state index contributed by atoms with van der Waals surface area (Å²) in [5.41, 5.74) is 11.3. The molecule has 58 heavy (non-hydrogen) atoms. The summed E-state index contributed by atoms with van der Waals surface area (Å²) >= 11 is 3.11. The molecule has 0 spiro atoms. The Morgan fingerprint density at radius 1 is 0.966 bits per heavy atom. The maximum Gasteiger partial charge on any atom is 0.291 e. The van der Waals surface area contributed by atoms with Crippen LogP contribution in [-0.2, 0) is 20.0 Å². The second-order valence-corrected chi connectivity index (χ2v) is 16.6. The first kappa shape index (κ1) is 37.5. The minimum absolute atomic E-state index is 0.138. The number of aryl methyl sites for hydroxylation is 1. The van der Waals surface area contributed by atoms with Gasteiger partial charge in [-0.1, -0.05) is 24.3 Å². The molecule has 10 rings (SSSR count). The molecule has 1 saturated carbocycles. The normalized spacial score (nSPS) is 14.5. The van der Waals surface area contributed by atoms with Gasteiger partial charge in [0, 0.05) is 86.3 Å². The first-order valence-electron chi connectivity index (χ1n) is 19.3. The second-order valence-electron chi connectivity index (χ2n) is 14.7. The number of nitrogens with zero attached hydrogens (tertiary/aromatic N) is 9. The molecule has 1 saturated heterocycles. The molecule has 2 aromatic carbocycles. The lowest BCUT2D eigenvalue weighted by Crippen LogP contribution is -2.49. The van der Waals surface area contributed by atoms with E-state index in [4.69, 9.17) is 10.7 Å². The third-order valence-corrected chi connectivity index (χ3v) is 12.5. The number of fused-ring (bicyclic) bond motifs is 4. The van der Waals surface area contributed by atoms with Crippen LogP contribution in [0.3, 0.4) is 0 Å². The average molecular weight is 811 g/mol. The fraction of sp³-hybridized carbons (Fsp3) is 0.262. The number of nitrogen functional groups attached to an aromatic ring is 1. The molecule has 7 heterocycles. The van der Waals surface area contributed by atoms with E-state index in [1.807, 2.05) is 77.3 Å². The summed E-state index contributed by atoms with van der Waals surface area (Å²) in [4.78, 5) is 44.9. The van der Waals surface area contributed by atoms with Crippen molar-refractivity contribution in [1.82, 2.24) is 49.3 Å². The minimum Gasteiger partial charge on any atom is -0.384 e. The number of carbonyl (C=O) groups excluding carboxylic acids is 1. The number of nitrogens with two attached hydrogens (primary N) is 1. The van der Waals surface area contributed by atoms with E-state index in [1.165, 1.54) is 24.1 Å². The van der Waals surface area contributed by atoms with Crippen molar-refractivity contribution in [3.8, 4) is 0 Å². The Kier molecular flexibility index (Phi) is 10.6. The quantitative estimate of drug-likeness (QED) is 0.134. The molecule has 4 N–H and O–H groups in total. The van der Waals surface area contributed by atoms with Crippen LogP contribution >= 0.6 is 23.3 Å². The van der Waals surface area contributed by atoms with Crippen LogP contribution in [0.25, 0.3) is 32.2 Å². The molecular formula is C42H42N12O2S2. The number of hydrogen-bond donors (Lipinski definition) is 3. The molecule has 1 amide bonds. The molecule has 8 aromatic rings. The molecule has 1 aliphatic heterocycles. The van der Waals surface area contributed by atoms with Crippen molar-refractivity contribution in [3.63, 3.8) is 0 Å². The fourth-order valence-corrected chi connectivity index (χ4v) is 9.15. The number of pyridine rings is 2. The van der Waals surface area contributed by atoms with Crippen molar-refractivity contribution in [3.05, 3.63) is 130 Å². The van der Waals surface area contributed by atoms with Crippen LogP contribution in [0.15, 0.2) is 107 Å². The highest BCUT2D eigenvalue weighted by Crippen LogP contribution is 2.32. The van der Waals surface area contributed by atoms with E-state index in [-0.39, 0.29) is 18.0 Å². The predicted octanol–water partition coefficient (Wildman–Crippen LogP) is 6.21. The van der Waals surface area contributed by atoms with Gasteiger partial charge in [0.2, 0.25) is 0 Å². The van der Waals surface area contributed by atoms with Crippen LogP contribution in [0.2, 0.25) is 0 Å². The molecule has 1 aliphatic carbocycles. The number of nitrogens with one attached hydrogen (secondary N) is 2. The number of anilines is 2. The smallest absolute Gasteiger partial charge is 0.291 e. The highest BCUT2D eigenvalue weighted by atomic mass is 32.2. The monoisotopic (exact) mass is 810 g/mol. The van der Waals surface area contributed by atoms with Gasteiger partial charge < -0.3 is 19.9 Å². The van der Waals surface area contributed by atoms with E-state index in [9.17, 15) is 9.59 Å². The van der Waals surface area contributed by atoms with Crippen LogP contribution in [0.4, 0.5) is 11.5 Å². The van der Waals surface area contributed by atoms with Crippen LogP contribution < -0.4 is 16.0 Å². The van der Waals surface area contributed by atoms with E-state index >= 15 is 0 Å². The van der Waals surface area contributed by atoms with E-state index < -0.39 is 0 Å². The number of amides is 1. The van der Waals surface area contributed by atoms with Gasteiger partial charge in [0.05, 0.1) is 33.5 Å². The summed E-state index contributed by atoms with van der Waals surface area (Å²) in [7, 11) is 1.86. The Hall–Kier alpha value is -6.10. The lowest BCUT2D eigenvalue weighted by atomic mass is 10.1. The van der Waals surface area contributed by atoms with Gasteiger partial charge in [-0.05, 0) is 85.3 Å². The number of para-hydroxylation sites is 1. The first-order valence-corrected chi connectivity index (χ1v) is 20.9. The molecule has 0 unspecified atom stereocenters. The summed E-state index contributed by atoms with van der Waals surface area (Å²) in [6, 6.07) is 25.2. The van der Waals surface area contributed by atoms with Crippen molar-refractivity contribution >= 4 is 72.9 Å². The molecule has 6 aromatic heterocycles. The summed E-state index contributed by atoms with van der Waals surface area (Å²) in [5.74, 6) is 1.47. The largest absolute Gasteiger partial charge is 0.384 e. The number of piperazine rings is 1. The van der Waals surface area contributed by atoms with Gasteiger partial charge in [0.25, 0.3) is 11.5 Å². The molecule has 0 atom stereocenters. The van der Waals surface area contributed by atoms with Crippen LogP contribution in [0.1, 0.15) is 39.6 Å². The van der Waals surface area contributed by atoms with E-state index in [2.05, 4.69) is 53.1 Å². The number of benzene rings is 2. The topological polar surface area (TPSA) is 169 Å². The molecule has 2 aliphatic rings. The summed E-state index contributed by atoms with van der Waals surface area (Å²) < 4.78 is 7.58. The highest BCUT2D eigenvalue weighted by Gasteiger charge is 2.28. The Morgan fingerprint density at radius 3 is 2.55 bits per heavy atom. The predicted molar refractivity (Wildman–Crippen MR) is 230 cm³/mol. The van der Waals surface area contributed by atoms with Crippen molar-refractivity contribution in [2.24, 2.45) is 13.0 Å². The van der Waals surface area contributed by atoms with Crippen LogP contribution in [0, 0.1) is 5.92 Å². The zero-order valence-electron chi connectivity index (χ0n) is 31.9. The van der Waals surface area contributed by atoms with Gasteiger partial charge in [-0.3, -0.25) is 24.6 Å². The number of aromatic nitrogens is 8. The summed E-state index contributed by atoms with van der Waals surface area (Å²) in [5, 5.41) is 14.2. The zero-order valence-corrected chi connectivity index (χ0v) is 33.5. The average Bonchev–Trinajstić information content (AvgIpc) is 3.60. The third-order valence-electron chi connectivity index (χ3n) is 10.5. The molecule has 0 radical (unpaired) electrons. The van der Waals surface area contributed by atoms with E-state index in [0.717, 1.165) is 85.6 Å². The molecule has 14 nitrogen and oxygen atoms in total. The van der Waals surface area contributed by atoms with Crippen LogP contribution in [0.5, 0.6) is 0 Å². The standard InChI is InChI=1S/C24H26N4OS.C18H16N8OS/c29-24(28-15-13-27(14-16-28)17-18-6-7-18)20-8-10-21(11-9-20)26-30-22-5-1-3-19-4-2-12-25-23(19)22;1-25-15-12(16-17(25)23-14(28-16)7-10-5-6-20-24-10)8-21-26(18(15)27)9-11-3-2-4-13(19)22-11/h1-5,8-12,18,26H,6-7,13-17H2;2-6,8H,7,9H2,1H3,(H2,19,22)(H,20,24). The number of hydrogen-bond acceptors (Lipinski definition) is 12. The van der Waals surface area contributed by atoms with E-state index in [0.29, 0.717) is 23.4 Å². The second kappa shape index (κ2) is 16.4.